The minimum atomic E-state index is -0.304. The molecule has 17 heavy (non-hydrogen) atoms. The smallest absolute Gasteiger partial charge is 0.248 e. The van der Waals surface area contributed by atoms with Crippen molar-refractivity contribution in [3.8, 4) is 0 Å². The maximum atomic E-state index is 11.5. The molecule has 1 aliphatic heterocycles. The topological polar surface area (TPSA) is 55.1 Å². The molecule has 3 heteroatoms. The van der Waals surface area contributed by atoms with E-state index in [9.17, 15) is 4.79 Å². The molecule has 3 N–H and O–H groups in total. The average molecular weight is 232 g/mol. The Hall–Kier alpha value is -1.35. The van der Waals surface area contributed by atoms with Crippen molar-refractivity contribution in [2.24, 2.45) is 5.73 Å². The van der Waals surface area contributed by atoms with E-state index in [1.54, 1.807) is 0 Å². The van der Waals surface area contributed by atoms with E-state index in [2.05, 4.69) is 19.2 Å². The summed E-state index contributed by atoms with van der Waals surface area (Å²) in [5, 5.41) is 3.35. The molecule has 0 radical (unpaired) electrons. The molecule has 1 aliphatic rings. The molecule has 3 nitrogen and oxygen atoms in total. The molecule has 0 spiro atoms. The maximum absolute atomic E-state index is 11.5. The molecular formula is C14H20N2O. The Morgan fingerprint density at radius 1 is 1.29 bits per heavy atom. The van der Waals surface area contributed by atoms with E-state index < -0.39 is 0 Å². The maximum Gasteiger partial charge on any atom is 0.248 e. The van der Waals surface area contributed by atoms with Crippen molar-refractivity contribution >= 4 is 5.91 Å². The lowest BCUT2D eigenvalue weighted by atomic mass is 9.82. The number of piperidine rings is 1. The number of carbonyl (C=O) groups is 1. The number of hydrogen-bond acceptors (Lipinski definition) is 2. The van der Waals surface area contributed by atoms with Crippen molar-refractivity contribution in [3.63, 3.8) is 0 Å². The fraction of sp³-hybridized carbons (Fsp3) is 0.500. The van der Waals surface area contributed by atoms with Gasteiger partial charge in [0, 0.05) is 5.56 Å². The number of nitrogens with two attached hydrogens (primary N) is 1. The van der Waals surface area contributed by atoms with Gasteiger partial charge in [0.1, 0.15) is 0 Å². The van der Waals surface area contributed by atoms with Crippen LogP contribution in [0.1, 0.15) is 45.8 Å². The van der Waals surface area contributed by atoms with E-state index in [1.807, 2.05) is 12.1 Å². The summed E-state index contributed by atoms with van der Waals surface area (Å²) in [5.41, 5.74) is 9.84. The molecule has 2 rings (SSSR count). The summed E-state index contributed by atoms with van der Waals surface area (Å²) in [7, 11) is 0. The van der Waals surface area contributed by atoms with Gasteiger partial charge in [-0.1, -0.05) is 6.07 Å². The standard InChI is InChI=1S/C14H20N2O/c1-9-3-4-12(14(15)17)13(10(9)2)11-5-7-16-8-6-11/h3-4,11,16H,5-8H2,1-2H3,(H2,15,17). The van der Waals surface area contributed by atoms with Crippen LogP contribution in [0.2, 0.25) is 0 Å². The van der Waals surface area contributed by atoms with E-state index in [-0.39, 0.29) is 5.91 Å². The summed E-state index contributed by atoms with van der Waals surface area (Å²) in [4.78, 5) is 11.5. The Morgan fingerprint density at radius 2 is 1.94 bits per heavy atom. The Balaban J connectivity index is 2.48. The van der Waals surface area contributed by atoms with Crippen LogP contribution in [0.5, 0.6) is 0 Å². The van der Waals surface area contributed by atoms with Gasteiger partial charge in [0.05, 0.1) is 0 Å². The Morgan fingerprint density at radius 3 is 2.53 bits per heavy atom. The largest absolute Gasteiger partial charge is 0.366 e. The van der Waals surface area contributed by atoms with Gasteiger partial charge in [-0.3, -0.25) is 4.79 Å². The molecule has 1 aromatic rings. The molecule has 1 saturated heterocycles. The van der Waals surface area contributed by atoms with Crippen molar-refractivity contribution in [2.45, 2.75) is 32.6 Å². The Kier molecular flexibility index (Phi) is 3.48. The second-order valence-corrected chi connectivity index (χ2v) is 4.86. The minimum Gasteiger partial charge on any atom is -0.366 e. The van der Waals surface area contributed by atoms with Gasteiger partial charge in [0.2, 0.25) is 5.91 Å². The van der Waals surface area contributed by atoms with Crippen molar-refractivity contribution in [1.82, 2.24) is 5.32 Å². The molecule has 0 aromatic heterocycles. The van der Waals surface area contributed by atoms with Crippen LogP contribution < -0.4 is 11.1 Å². The van der Waals surface area contributed by atoms with E-state index in [1.165, 1.54) is 16.7 Å². The van der Waals surface area contributed by atoms with Crippen LogP contribution in [0.4, 0.5) is 0 Å². The monoisotopic (exact) mass is 232 g/mol. The fourth-order valence-corrected chi connectivity index (χ4v) is 2.69. The van der Waals surface area contributed by atoms with Gasteiger partial charge < -0.3 is 11.1 Å². The van der Waals surface area contributed by atoms with Crippen LogP contribution >= 0.6 is 0 Å². The van der Waals surface area contributed by atoms with Gasteiger partial charge in [0.15, 0.2) is 0 Å². The SMILES string of the molecule is Cc1ccc(C(N)=O)c(C2CCNCC2)c1C. The van der Waals surface area contributed by atoms with E-state index in [0.29, 0.717) is 11.5 Å². The molecule has 1 amide bonds. The highest BCUT2D eigenvalue weighted by molar-refractivity contribution is 5.95. The first kappa shape index (κ1) is 12.1. The van der Waals surface area contributed by atoms with Gasteiger partial charge >= 0.3 is 0 Å². The molecule has 92 valence electrons. The third-order valence-electron chi connectivity index (χ3n) is 3.80. The van der Waals surface area contributed by atoms with Crippen LogP contribution in [0.25, 0.3) is 0 Å². The second kappa shape index (κ2) is 4.88. The van der Waals surface area contributed by atoms with Gasteiger partial charge in [0.25, 0.3) is 0 Å². The Labute approximate surface area is 102 Å². The first-order valence-corrected chi connectivity index (χ1v) is 6.22. The highest BCUT2D eigenvalue weighted by Crippen LogP contribution is 2.32. The molecule has 1 aromatic carbocycles. The van der Waals surface area contributed by atoms with Crippen LogP contribution in [-0.2, 0) is 0 Å². The number of hydrogen-bond donors (Lipinski definition) is 2. The van der Waals surface area contributed by atoms with Crippen molar-refractivity contribution in [1.29, 1.82) is 0 Å². The van der Waals surface area contributed by atoms with Crippen molar-refractivity contribution in [2.75, 3.05) is 13.1 Å². The second-order valence-electron chi connectivity index (χ2n) is 4.86. The molecule has 1 heterocycles. The first-order valence-electron chi connectivity index (χ1n) is 6.22. The van der Waals surface area contributed by atoms with E-state index >= 15 is 0 Å². The lowest BCUT2D eigenvalue weighted by molar-refractivity contribution is 0.0998. The lowest BCUT2D eigenvalue weighted by Crippen LogP contribution is -2.28. The molecule has 0 aliphatic carbocycles. The van der Waals surface area contributed by atoms with E-state index in [0.717, 1.165) is 25.9 Å². The summed E-state index contributed by atoms with van der Waals surface area (Å²) in [6.45, 7) is 6.23. The molecule has 0 bridgehead atoms. The molecule has 0 atom stereocenters. The molecule has 0 saturated carbocycles. The van der Waals surface area contributed by atoms with E-state index in [4.69, 9.17) is 5.73 Å². The summed E-state index contributed by atoms with van der Waals surface area (Å²) < 4.78 is 0. The van der Waals surface area contributed by atoms with Crippen LogP contribution in [-0.4, -0.2) is 19.0 Å². The lowest BCUT2D eigenvalue weighted by Gasteiger charge is -2.26. The summed E-state index contributed by atoms with van der Waals surface area (Å²) >= 11 is 0. The third kappa shape index (κ3) is 2.34. The molecule has 0 unspecified atom stereocenters. The quantitative estimate of drug-likeness (QED) is 0.818. The number of aryl methyl sites for hydroxylation is 1. The summed E-state index contributed by atoms with van der Waals surface area (Å²) in [6.07, 6.45) is 2.18. The third-order valence-corrected chi connectivity index (χ3v) is 3.80. The van der Waals surface area contributed by atoms with Crippen LogP contribution in [0.3, 0.4) is 0 Å². The highest BCUT2D eigenvalue weighted by Gasteiger charge is 2.22. The number of primary amides is 1. The number of nitrogens with one attached hydrogen (secondary N) is 1. The predicted octanol–water partition coefficient (Wildman–Crippen LogP) is 1.87. The van der Waals surface area contributed by atoms with Crippen LogP contribution in [0.15, 0.2) is 12.1 Å². The summed E-state index contributed by atoms with van der Waals surface area (Å²) in [5.74, 6) is 0.167. The summed E-state index contributed by atoms with van der Waals surface area (Å²) in [6, 6.07) is 3.86. The number of rotatable bonds is 2. The van der Waals surface area contributed by atoms with Crippen molar-refractivity contribution in [3.05, 3.63) is 34.4 Å². The molecular weight excluding hydrogens is 212 g/mol. The fourth-order valence-electron chi connectivity index (χ4n) is 2.69. The minimum absolute atomic E-state index is 0.304. The average Bonchev–Trinajstić information content (AvgIpc) is 2.33. The molecule has 1 fully saturated rings. The van der Waals surface area contributed by atoms with Crippen LogP contribution in [0, 0.1) is 13.8 Å². The van der Waals surface area contributed by atoms with Crippen molar-refractivity contribution < 1.29 is 4.79 Å². The zero-order valence-corrected chi connectivity index (χ0v) is 10.5. The van der Waals surface area contributed by atoms with Gasteiger partial charge in [-0.15, -0.1) is 0 Å². The van der Waals surface area contributed by atoms with Gasteiger partial charge in [-0.2, -0.15) is 0 Å². The number of amides is 1. The normalized spacial score (nSPS) is 17.1. The first-order chi connectivity index (χ1) is 8.11. The van der Waals surface area contributed by atoms with Gasteiger partial charge in [-0.25, -0.2) is 0 Å². The number of carbonyl (C=O) groups excluding carboxylic acids is 1. The highest BCUT2D eigenvalue weighted by atomic mass is 16.1. The Bertz CT molecular complexity index is 434. The van der Waals surface area contributed by atoms with Gasteiger partial charge in [-0.05, 0) is 68.5 Å². The number of benzene rings is 1. The zero-order chi connectivity index (χ0) is 12.4. The predicted molar refractivity (Wildman–Crippen MR) is 69.3 cm³/mol. The zero-order valence-electron chi connectivity index (χ0n) is 10.5.